The van der Waals surface area contributed by atoms with Crippen LogP contribution in [0.1, 0.15) is 18.9 Å². The van der Waals surface area contributed by atoms with Crippen molar-refractivity contribution in [3.8, 4) is 0 Å². The van der Waals surface area contributed by atoms with E-state index in [-0.39, 0.29) is 0 Å². The van der Waals surface area contributed by atoms with E-state index in [0.29, 0.717) is 6.54 Å². The Bertz CT molecular complexity index is 507. The van der Waals surface area contributed by atoms with Crippen LogP contribution in [0.5, 0.6) is 0 Å². The van der Waals surface area contributed by atoms with Crippen molar-refractivity contribution in [2.24, 2.45) is 0 Å². The molecule has 1 heterocycles. The smallest absolute Gasteiger partial charge is 0.135 e. The van der Waals surface area contributed by atoms with Crippen LogP contribution in [0.15, 0.2) is 35.4 Å². The van der Waals surface area contributed by atoms with Crippen molar-refractivity contribution in [2.45, 2.75) is 24.8 Å². The molecule has 96 valence electrons. The molecule has 2 rings (SSSR count). The molecule has 0 aliphatic carbocycles. The molecule has 18 heavy (non-hydrogen) atoms. The summed E-state index contributed by atoms with van der Waals surface area (Å²) in [6.45, 7) is 2.83. The third-order valence-electron chi connectivity index (χ3n) is 2.55. The largest absolute Gasteiger partial charge is 0.383 e. The van der Waals surface area contributed by atoms with Gasteiger partial charge in [0.1, 0.15) is 5.82 Å². The number of hydrogen-bond acceptors (Lipinski definition) is 3. The van der Waals surface area contributed by atoms with Crippen LogP contribution in [0, 0.1) is 0 Å². The summed E-state index contributed by atoms with van der Waals surface area (Å²) in [5.74, 6) is 1.81. The molecule has 0 spiro atoms. The molecule has 0 radical (unpaired) electrons. The first kappa shape index (κ1) is 13.3. The van der Waals surface area contributed by atoms with Crippen LogP contribution in [-0.2, 0) is 6.54 Å². The van der Waals surface area contributed by atoms with E-state index in [1.165, 1.54) is 0 Å². The summed E-state index contributed by atoms with van der Waals surface area (Å²) in [6.07, 6.45) is 2.97. The maximum absolute atomic E-state index is 6.08. The van der Waals surface area contributed by atoms with Gasteiger partial charge in [-0.25, -0.2) is 4.68 Å². The molecular weight excluding hydrogens is 266 g/mol. The normalized spacial score (nSPS) is 10.8. The van der Waals surface area contributed by atoms with Crippen molar-refractivity contribution in [1.29, 1.82) is 0 Å². The summed E-state index contributed by atoms with van der Waals surface area (Å²) < 4.78 is 1.82. The van der Waals surface area contributed by atoms with E-state index >= 15 is 0 Å². The summed E-state index contributed by atoms with van der Waals surface area (Å²) in [5.41, 5.74) is 7.22. The zero-order valence-electron chi connectivity index (χ0n) is 10.3. The number of nitrogen functional groups attached to an aromatic ring is 1. The number of anilines is 1. The standard InChI is InChI=1S/C13H16ClN3S/c1-2-7-18-12-8-16-17(13(12)15)9-10-3-5-11(14)6-4-10/h3-6,8H,2,7,9,15H2,1H3. The number of halogens is 1. The molecule has 0 atom stereocenters. The Morgan fingerprint density at radius 1 is 1.33 bits per heavy atom. The van der Waals surface area contributed by atoms with Crippen LogP contribution in [0.3, 0.4) is 0 Å². The van der Waals surface area contributed by atoms with Crippen molar-refractivity contribution < 1.29 is 0 Å². The van der Waals surface area contributed by atoms with Gasteiger partial charge >= 0.3 is 0 Å². The summed E-state index contributed by atoms with van der Waals surface area (Å²) in [6, 6.07) is 7.73. The van der Waals surface area contributed by atoms with Gasteiger partial charge in [-0.05, 0) is 29.9 Å². The minimum Gasteiger partial charge on any atom is -0.383 e. The fourth-order valence-corrected chi connectivity index (χ4v) is 2.51. The highest BCUT2D eigenvalue weighted by Crippen LogP contribution is 2.25. The Morgan fingerprint density at radius 3 is 2.72 bits per heavy atom. The molecule has 1 aromatic carbocycles. The Morgan fingerprint density at radius 2 is 2.06 bits per heavy atom. The number of hydrogen-bond donors (Lipinski definition) is 1. The molecule has 0 amide bonds. The predicted octanol–water partition coefficient (Wildman–Crippen LogP) is 3.67. The SMILES string of the molecule is CCCSc1cnn(Cc2ccc(Cl)cc2)c1N. The zero-order valence-corrected chi connectivity index (χ0v) is 11.8. The van der Waals surface area contributed by atoms with Gasteiger partial charge in [-0.1, -0.05) is 30.7 Å². The molecule has 0 unspecified atom stereocenters. The third-order valence-corrected chi connectivity index (χ3v) is 4.04. The first-order chi connectivity index (χ1) is 8.70. The van der Waals surface area contributed by atoms with E-state index in [1.54, 1.807) is 11.8 Å². The van der Waals surface area contributed by atoms with Crippen LogP contribution in [0.25, 0.3) is 0 Å². The number of benzene rings is 1. The van der Waals surface area contributed by atoms with Gasteiger partial charge in [0.2, 0.25) is 0 Å². The van der Waals surface area contributed by atoms with Gasteiger partial charge < -0.3 is 5.73 Å². The van der Waals surface area contributed by atoms with Crippen molar-refractivity contribution in [3.63, 3.8) is 0 Å². The van der Waals surface area contributed by atoms with Crippen LogP contribution in [0.2, 0.25) is 5.02 Å². The average molecular weight is 282 g/mol. The van der Waals surface area contributed by atoms with Crippen molar-refractivity contribution in [1.82, 2.24) is 9.78 Å². The van der Waals surface area contributed by atoms with Gasteiger partial charge in [-0.2, -0.15) is 5.10 Å². The third kappa shape index (κ3) is 3.21. The highest BCUT2D eigenvalue weighted by atomic mass is 35.5. The summed E-state index contributed by atoms with van der Waals surface area (Å²) in [7, 11) is 0. The lowest BCUT2D eigenvalue weighted by Crippen LogP contribution is -2.05. The van der Waals surface area contributed by atoms with Gasteiger partial charge in [0.15, 0.2) is 0 Å². The lowest BCUT2D eigenvalue weighted by molar-refractivity contribution is 0.696. The molecule has 3 nitrogen and oxygen atoms in total. The van der Waals surface area contributed by atoms with Crippen molar-refractivity contribution in [3.05, 3.63) is 41.0 Å². The second-order valence-electron chi connectivity index (χ2n) is 4.03. The topological polar surface area (TPSA) is 43.8 Å². The molecule has 5 heteroatoms. The van der Waals surface area contributed by atoms with Gasteiger partial charge in [0, 0.05) is 5.02 Å². The second-order valence-corrected chi connectivity index (χ2v) is 5.60. The molecule has 0 saturated carbocycles. The number of nitrogens with zero attached hydrogens (tertiary/aromatic N) is 2. The molecule has 0 aliphatic rings. The molecule has 1 aromatic heterocycles. The van der Waals surface area contributed by atoms with E-state index in [9.17, 15) is 0 Å². The number of rotatable bonds is 5. The predicted molar refractivity (Wildman–Crippen MR) is 78.2 cm³/mol. The van der Waals surface area contributed by atoms with E-state index in [4.69, 9.17) is 17.3 Å². The summed E-state index contributed by atoms with van der Waals surface area (Å²) in [5, 5.41) is 5.07. The first-order valence-corrected chi connectivity index (χ1v) is 7.25. The fraction of sp³-hybridized carbons (Fsp3) is 0.308. The molecular formula is C13H16ClN3S. The monoisotopic (exact) mass is 281 g/mol. The lowest BCUT2D eigenvalue weighted by atomic mass is 10.2. The molecule has 0 fully saturated rings. The molecule has 0 aliphatic heterocycles. The fourth-order valence-electron chi connectivity index (χ4n) is 1.59. The van der Waals surface area contributed by atoms with Crippen molar-refractivity contribution >= 4 is 29.2 Å². The number of aromatic nitrogens is 2. The van der Waals surface area contributed by atoms with Crippen molar-refractivity contribution in [2.75, 3.05) is 11.5 Å². The molecule has 2 aromatic rings. The molecule has 0 saturated heterocycles. The van der Waals surface area contributed by atoms with E-state index in [2.05, 4.69) is 12.0 Å². The first-order valence-electron chi connectivity index (χ1n) is 5.89. The second kappa shape index (κ2) is 6.16. The van der Waals surface area contributed by atoms with Gasteiger partial charge in [0.05, 0.1) is 17.6 Å². The Balaban J connectivity index is 2.09. The highest BCUT2D eigenvalue weighted by Gasteiger charge is 2.07. The molecule has 0 bridgehead atoms. The Labute approximate surface area is 116 Å². The van der Waals surface area contributed by atoms with Crippen LogP contribution in [-0.4, -0.2) is 15.5 Å². The van der Waals surface area contributed by atoms with Crippen LogP contribution >= 0.6 is 23.4 Å². The lowest BCUT2D eigenvalue weighted by Gasteiger charge is -2.05. The van der Waals surface area contributed by atoms with Gasteiger partial charge in [-0.15, -0.1) is 11.8 Å². The van der Waals surface area contributed by atoms with Crippen LogP contribution in [0.4, 0.5) is 5.82 Å². The minimum absolute atomic E-state index is 0.676. The van der Waals surface area contributed by atoms with Gasteiger partial charge in [0.25, 0.3) is 0 Å². The minimum atomic E-state index is 0.676. The molecule has 2 N–H and O–H groups in total. The maximum atomic E-state index is 6.08. The van der Waals surface area contributed by atoms with E-state index < -0.39 is 0 Å². The Kier molecular flexibility index (Phi) is 4.55. The Hall–Kier alpha value is -1.13. The summed E-state index contributed by atoms with van der Waals surface area (Å²) in [4.78, 5) is 1.06. The zero-order chi connectivity index (χ0) is 13.0. The van der Waals surface area contributed by atoms with E-state index in [1.807, 2.05) is 35.1 Å². The quantitative estimate of drug-likeness (QED) is 0.851. The highest BCUT2D eigenvalue weighted by molar-refractivity contribution is 7.99. The van der Waals surface area contributed by atoms with Crippen LogP contribution < -0.4 is 5.73 Å². The number of nitrogens with two attached hydrogens (primary N) is 1. The maximum Gasteiger partial charge on any atom is 0.135 e. The average Bonchev–Trinajstić information content (AvgIpc) is 2.71. The van der Waals surface area contributed by atoms with Gasteiger partial charge in [-0.3, -0.25) is 0 Å². The number of thioether (sulfide) groups is 1. The summed E-state index contributed by atoms with van der Waals surface area (Å²) >= 11 is 7.61. The van der Waals surface area contributed by atoms with E-state index in [0.717, 1.165) is 33.5 Å².